The van der Waals surface area contributed by atoms with Crippen LogP contribution in [0.15, 0.2) is 12.3 Å². The predicted octanol–water partition coefficient (Wildman–Crippen LogP) is 0.582. The van der Waals surface area contributed by atoms with Crippen LogP contribution in [-0.2, 0) is 0 Å². The maximum absolute atomic E-state index is 9.30. The molecule has 0 spiro atoms. The molecule has 10 heavy (non-hydrogen) atoms. The fourth-order valence-corrected chi connectivity index (χ4v) is 0.769. The Labute approximate surface area is 60.6 Å². The van der Waals surface area contributed by atoms with E-state index in [0.29, 0.717) is 0 Å². The molecule has 1 atom stereocenters. The molecule has 0 heterocycles. The second-order valence-corrected chi connectivity index (χ2v) is 2.71. The molecule has 0 radical (unpaired) electrons. The summed E-state index contributed by atoms with van der Waals surface area (Å²) in [5.41, 5.74) is -1.03. The van der Waals surface area contributed by atoms with E-state index in [-0.39, 0.29) is 25.2 Å². The molecule has 0 aromatic rings. The molecule has 60 valence electrons. The van der Waals surface area contributed by atoms with Gasteiger partial charge in [-0.3, -0.25) is 0 Å². The van der Waals surface area contributed by atoms with Gasteiger partial charge in [0.15, 0.2) is 0 Å². The second-order valence-electron chi connectivity index (χ2n) is 2.71. The van der Waals surface area contributed by atoms with Crippen molar-refractivity contribution < 1.29 is 15.3 Å². The van der Waals surface area contributed by atoms with Gasteiger partial charge in [-0.1, -0.05) is 6.58 Å². The lowest BCUT2D eigenvalue weighted by molar-refractivity contribution is 0.0254. The van der Waals surface area contributed by atoms with Crippen LogP contribution in [0.3, 0.4) is 0 Å². The van der Waals surface area contributed by atoms with Crippen LogP contribution >= 0.6 is 0 Å². The molecule has 0 aromatic carbocycles. The zero-order valence-corrected chi connectivity index (χ0v) is 6.17. The minimum absolute atomic E-state index is 0.0570. The van der Waals surface area contributed by atoms with E-state index in [1.807, 2.05) is 0 Å². The van der Waals surface area contributed by atoms with E-state index in [4.69, 9.17) is 10.2 Å². The highest BCUT2D eigenvalue weighted by atomic mass is 16.3. The highest BCUT2D eigenvalue weighted by Crippen LogP contribution is 2.16. The van der Waals surface area contributed by atoms with Crippen LogP contribution in [0.5, 0.6) is 0 Å². The lowest BCUT2D eigenvalue weighted by atomic mass is 9.98. The Kier molecular flexibility index (Phi) is 3.39. The highest BCUT2D eigenvalue weighted by Gasteiger charge is 2.20. The first kappa shape index (κ1) is 9.46. The molecule has 0 aliphatic carbocycles. The fraction of sp³-hybridized carbons (Fsp3) is 0.714. The largest absolute Gasteiger partial charge is 0.513 e. The molecule has 0 aliphatic heterocycles. The van der Waals surface area contributed by atoms with Crippen molar-refractivity contribution in [3.63, 3.8) is 0 Å². The SMILES string of the molecule is C=C(O)C[C@](C)(O)CCO. The third-order valence-electron chi connectivity index (χ3n) is 1.24. The van der Waals surface area contributed by atoms with Crippen LogP contribution in [0.25, 0.3) is 0 Å². The topological polar surface area (TPSA) is 60.7 Å². The number of aliphatic hydroxyl groups is 3. The Balaban J connectivity index is 3.74. The van der Waals surface area contributed by atoms with Gasteiger partial charge in [0.25, 0.3) is 0 Å². The van der Waals surface area contributed by atoms with Gasteiger partial charge in [0.2, 0.25) is 0 Å². The summed E-state index contributed by atoms with van der Waals surface area (Å²) in [6.07, 6.45) is 0.375. The van der Waals surface area contributed by atoms with Gasteiger partial charge < -0.3 is 15.3 Å². The smallest absolute Gasteiger partial charge is 0.0879 e. The van der Waals surface area contributed by atoms with E-state index in [2.05, 4.69) is 6.58 Å². The van der Waals surface area contributed by atoms with Crippen molar-refractivity contribution >= 4 is 0 Å². The molecule has 0 fully saturated rings. The van der Waals surface area contributed by atoms with Crippen molar-refractivity contribution in [1.29, 1.82) is 0 Å². The first-order chi connectivity index (χ1) is 4.48. The molecule has 3 heteroatoms. The standard InChI is InChI=1S/C7H14O3/c1-6(9)5-7(2,10)3-4-8/h8-10H,1,3-5H2,2H3/t7-/m1/s1. The molecule has 3 nitrogen and oxygen atoms in total. The van der Waals surface area contributed by atoms with Gasteiger partial charge in [0.05, 0.1) is 11.4 Å². The molecule has 0 saturated heterocycles. The van der Waals surface area contributed by atoms with E-state index >= 15 is 0 Å². The number of hydrogen-bond donors (Lipinski definition) is 3. The van der Waals surface area contributed by atoms with E-state index in [0.717, 1.165) is 0 Å². The van der Waals surface area contributed by atoms with Crippen LogP contribution in [0.4, 0.5) is 0 Å². The minimum atomic E-state index is -1.03. The molecule has 0 aliphatic rings. The van der Waals surface area contributed by atoms with Gasteiger partial charge in [-0.2, -0.15) is 0 Å². The maximum Gasteiger partial charge on any atom is 0.0879 e. The normalized spacial score (nSPS) is 16.3. The van der Waals surface area contributed by atoms with Crippen molar-refractivity contribution in [2.45, 2.75) is 25.4 Å². The summed E-state index contributed by atoms with van der Waals surface area (Å²) in [7, 11) is 0. The van der Waals surface area contributed by atoms with E-state index in [1.165, 1.54) is 0 Å². The summed E-state index contributed by atoms with van der Waals surface area (Å²) in [6.45, 7) is 4.70. The zero-order chi connectivity index (χ0) is 8.20. The summed E-state index contributed by atoms with van der Waals surface area (Å²) < 4.78 is 0. The van der Waals surface area contributed by atoms with Gasteiger partial charge in [0.1, 0.15) is 0 Å². The Morgan fingerprint density at radius 3 is 2.40 bits per heavy atom. The molecule has 0 unspecified atom stereocenters. The van der Waals surface area contributed by atoms with E-state index in [9.17, 15) is 5.11 Å². The Hall–Kier alpha value is -0.540. The molecule has 0 amide bonds. The summed E-state index contributed by atoms with van der Waals surface area (Å²) in [5.74, 6) is -0.0570. The zero-order valence-electron chi connectivity index (χ0n) is 6.17. The Morgan fingerprint density at radius 1 is 1.60 bits per heavy atom. The van der Waals surface area contributed by atoms with Crippen molar-refractivity contribution in [3.05, 3.63) is 12.3 Å². The van der Waals surface area contributed by atoms with Gasteiger partial charge in [-0.05, 0) is 13.3 Å². The van der Waals surface area contributed by atoms with Crippen LogP contribution in [0.1, 0.15) is 19.8 Å². The van der Waals surface area contributed by atoms with E-state index in [1.54, 1.807) is 6.92 Å². The van der Waals surface area contributed by atoms with Crippen LogP contribution in [-0.4, -0.2) is 27.5 Å². The molecule has 0 aromatic heterocycles. The highest BCUT2D eigenvalue weighted by molar-refractivity contribution is 4.89. The maximum atomic E-state index is 9.30. The summed E-state index contributed by atoms with van der Waals surface area (Å²) in [4.78, 5) is 0. The van der Waals surface area contributed by atoms with Crippen molar-refractivity contribution in [1.82, 2.24) is 0 Å². The fourth-order valence-electron chi connectivity index (χ4n) is 0.769. The van der Waals surface area contributed by atoms with E-state index < -0.39 is 5.60 Å². The van der Waals surface area contributed by atoms with Crippen LogP contribution < -0.4 is 0 Å². The summed E-state index contributed by atoms with van der Waals surface area (Å²) in [6, 6.07) is 0. The summed E-state index contributed by atoms with van der Waals surface area (Å²) >= 11 is 0. The van der Waals surface area contributed by atoms with Gasteiger partial charge >= 0.3 is 0 Å². The molecule has 0 rings (SSSR count). The average molecular weight is 146 g/mol. The molecular weight excluding hydrogens is 132 g/mol. The first-order valence-corrected chi connectivity index (χ1v) is 3.18. The van der Waals surface area contributed by atoms with Crippen LogP contribution in [0, 0.1) is 0 Å². The van der Waals surface area contributed by atoms with Gasteiger partial charge in [-0.25, -0.2) is 0 Å². The monoisotopic (exact) mass is 146 g/mol. The Bertz CT molecular complexity index is 118. The lowest BCUT2D eigenvalue weighted by Gasteiger charge is -2.20. The van der Waals surface area contributed by atoms with Crippen LogP contribution in [0.2, 0.25) is 0 Å². The third-order valence-corrected chi connectivity index (χ3v) is 1.24. The lowest BCUT2D eigenvalue weighted by Crippen LogP contribution is -2.25. The average Bonchev–Trinajstić information content (AvgIpc) is 1.59. The van der Waals surface area contributed by atoms with Crippen molar-refractivity contribution in [2.24, 2.45) is 0 Å². The quantitative estimate of drug-likeness (QED) is 0.508. The third kappa shape index (κ3) is 4.35. The number of aliphatic hydroxyl groups excluding tert-OH is 2. The van der Waals surface area contributed by atoms with Crippen molar-refractivity contribution in [3.8, 4) is 0 Å². The predicted molar refractivity (Wildman–Crippen MR) is 38.7 cm³/mol. The minimum Gasteiger partial charge on any atom is -0.513 e. The van der Waals surface area contributed by atoms with Gasteiger partial charge in [0, 0.05) is 13.0 Å². The number of rotatable bonds is 4. The molecule has 0 bridgehead atoms. The van der Waals surface area contributed by atoms with Gasteiger partial charge in [-0.15, -0.1) is 0 Å². The summed E-state index contributed by atoms with van der Waals surface area (Å²) in [5, 5.41) is 26.4. The molecular formula is C7H14O3. The second kappa shape index (κ2) is 3.58. The molecule has 3 N–H and O–H groups in total. The molecule has 0 saturated carbocycles. The first-order valence-electron chi connectivity index (χ1n) is 3.18. The Morgan fingerprint density at radius 2 is 2.10 bits per heavy atom. The number of hydrogen-bond acceptors (Lipinski definition) is 3. The van der Waals surface area contributed by atoms with Crippen molar-refractivity contribution in [2.75, 3.05) is 6.61 Å².